The number of nitrogens with zero attached hydrogens (tertiary/aromatic N) is 2. The number of carbonyl (C=O) groups excluding carboxylic acids is 2. The van der Waals surface area contributed by atoms with Gasteiger partial charge in [-0.1, -0.05) is 6.07 Å². The van der Waals surface area contributed by atoms with Crippen molar-refractivity contribution in [3.63, 3.8) is 0 Å². The third kappa shape index (κ3) is 4.99. The highest BCUT2D eigenvalue weighted by molar-refractivity contribution is 7.10. The first-order valence-corrected chi connectivity index (χ1v) is 11.3. The lowest BCUT2D eigenvalue weighted by atomic mass is 9.98. The number of ketones is 1. The van der Waals surface area contributed by atoms with E-state index in [0.29, 0.717) is 12.1 Å². The van der Waals surface area contributed by atoms with E-state index in [4.69, 9.17) is 4.74 Å². The summed E-state index contributed by atoms with van der Waals surface area (Å²) in [5.41, 5.74) is 1.50. The van der Waals surface area contributed by atoms with Crippen molar-refractivity contribution in [1.29, 1.82) is 0 Å². The van der Waals surface area contributed by atoms with Crippen LogP contribution in [0.25, 0.3) is 5.76 Å². The molecule has 1 amide bonds. The molecule has 2 heterocycles. The Morgan fingerprint density at radius 3 is 2.58 bits per heavy atom. The van der Waals surface area contributed by atoms with Crippen molar-refractivity contribution >= 4 is 28.8 Å². The summed E-state index contributed by atoms with van der Waals surface area (Å²) in [5, 5.41) is 13.1. The topological polar surface area (TPSA) is 70.1 Å². The molecule has 0 spiro atoms. The summed E-state index contributed by atoms with van der Waals surface area (Å²) in [7, 11) is 3.94. The fourth-order valence-corrected chi connectivity index (χ4v) is 4.59. The van der Waals surface area contributed by atoms with Gasteiger partial charge in [-0.2, -0.15) is 0 Å². The first-order valence-electron chi connectivity index (χ1n) is 10.4. The standard InChI is InChI=1S/C24H30N2O4S/c1-15(2)30-18-10-9-17(14-16(18)3)22(27)20-21(19-8-6-13-31-19)26(24(29)23(20)28)12-7-11-25(4)5/h6,8-10,13-15,21,27H,7,11-12H2,1-5H3/t21-/m0/s1. The van der Waals surface area contributed by atoms with Crippen molar-refractivity contribution in [1.82, 2.24) is 9.80 Å². The summed E-state index contributed by atoms with van der Waals surface area (Å²) in [5.74, 6) is -0.618. The predicted octanol–water partition coefficient (Wildman–Crippen LogP) is 4.22. The van der Waals surface area contributed by atoms with E-state index in [1.165, 1.54) is 11.3 Å². The number of aliphatic hydroxyl groups is 1. The van der Waals surface area contributed by atoms with Crippen molar-refractivity contribution in [3.8, 4) is 5.75 Å². The van der Waals surface area contributed by atoms with Crippen LogP contribution in [0.2, 0.25) is 0 Å². The molecule has 1 aromatic carbocycles. The summed E-state index contributed by atoms with van der Waals surface area (Å²) >= 11 is 1.47. The normalized spacial score (nSPS) is 18.4. The van der Waals surface area contributed by atoms with Gasteiger partial charge >= 0.3 is 0 Å². The number of aryl methyl sites for hydroxylation is 1. The Labute approximate surface area is 187 Å². The van der Waals surface area contributed by atoms with E-state index in [9.17, 15) is 14.7 Å². The van der Waals surface area contributed by atoms with Crippen LogP contribution < -0.4 is 4.74 Å². The van der Waals surface area contributed by atoms with E-state index in [1.54, 1.807) is 23.1 Å². The monoisotopic (exact) mass is 442 g/mol. The van der Waals surface area contributed by atoms with Crippen molar-refractivity contribution < 1.29 is 19.4 Å². The third-order valence-electron chi connectivity index (χ3n) is 5.17. The van der Waals surface area contributed by atoms with Crippen LogP contribution >= 0.6 is 11.3 Å². The van der Waals surface area contributed by atoms with Crippen molar-refractivity contribution in [2.45, 2.75) is 39.3 Å². The molecule has 166 valence electrons. The number of aliphatic hydroxyl groups excluding tert-OH is 1. The molecule has 1 saturated heterocycles. The third-order valence-corrected chi connectivity index (χ3v) is 6.09. The summed E-state index contributed by atoms with van der Waals surface area (Å²) in [4.78, 5) is 30.4. The fraction of sp³-hybridized carbons (Fsp3) is 0.417. The number of hydrogen-bond acceptors (Lipinski definition) is 6. The van der Waals surface area contributed by atoms with Crippen LogP contribution in [0.4, 0.5) is 0 Å². The first-order chi connectivity index (χ1) is 14.7. The molecule has 1 fully saturated rings. The zero-order chi connectivity index (χ0) is 22.7. The Morgan fingerprint density at radius 2 is 2.00 bits per heavy atom. The molecule has 1 aliphatic heterocycles. The van der Waals surface area contributed by atoms with Crippen molar-refractivity contribution in [3.05, 3.63) is 57.3 Å². The molecule has 0 radical (unpaired) electrons. The summed E-state index contributed by atoms with van der Waals surface area (Å²) in [6.07, 6.45) is 0.770. The Morgan fingerprint density at radius 1 is 1.26 bits per heavy atom. The number of benzene rings is 1. The maximum atomic E-state index is 13.0. The molecule has 0 aliphatic carbocycles. The predicted molar refractivity (Wildman–Crippen MR) is 123 cm³/mol. The number of Topliss-reactive ketones (excluding diaryl/α,β-unsaturated/α-hetero) is 1. The van der Waals surface area contributed by atoms with Gasteiger partial charge < -0.3 is 19.6 Å². The van der Waals surface area contributed by atoms with Gasteiger partial charge in [0.25, 0.3) is 11.7 Å². The van der Waals surface area contributed by atoms with Gasteiger partial charge in [-0.25, -0.2) is 0 Å². The molecular weight excluding hydrogens is 412 g/mol. The van der Waals surface area contributed by atoms with Gasteiger partial charge in [-0.05, 0) is 83.0 Å². The molecule has 7 heteroatoms. The number of likely N-dealkylation sites (tertiary alicyclic amines) is 1. The van der Waals surface area contributed by atoms with Gasteiger partial charge in [-0.3, -0.25) is 9.59 Å². The average Bonchev–Trinajstić information content (AvgIpc) is 3.31. The minimum Gasteiger partial charge on any atom is -0.507 e. The van der Waals surface area contributed by atoms with E-state index >= 15 is 0 Å². The lowest BCUT2D eigenvalue weighted by Crippen LogP contribution is -2.32. The van der Waals surface area contributed by atoms with Crippen LogP contribution in [0.1, 0.15) is 42.3 Å². The molecule has 1 N–H and O–H groups in total. The number of ether oxygens (including phenoxy) is 1. The molecule has 0 bridgehead atoms. The lowest BCUT2D eigenvalue weighted by Gasteiger charge is -2.24. The minimum absolute atomic E-state index is 0.0319. The zero-order valence-corrected chi connectivity index (χ0v) is 19.5. The lowest BCUT2D eigenvalue weighted by molar-refractivity contribution is -0.139. The summed E-state index contributed by atoms with van der Waals surface area (Å²) < 4.78 is 5.77. The average molecular weight is 443 g/mol. The van der Waals surface area contributed by atoms with E-state index in [1.807, 2.05) is 57.3 Å². The summed E-state index contributed by atoms with van der Waals surface area (Å²) in [6, 6.07) is 8.52. The van der Waals surface area contributed by atoms with Crippen LogP contribution in [-0.2, 0) is 9.59 Å². The van der Waals surface area contributed by atoms with Crippen molar-refractivity contribution in [2.24, 2.45) is 0 Å². The SMILES string of the molecule is Cc1cc(C(O)=C2C(=O)C(=O)N(CCCN(C)C)[C@H]2c2cccs2)ccc1OC(C)C. The second kappa shape index (κ2) is 9.66. The van der Waals surface area contributed by atoms with E-state index in [0.717, 1.165) is 29.2 Å². The van der Waals surface area contributed by atoms with Gasteiger partial charge in [0.2, 0.25) is 0 Å². The van der Waals surface area contributed by atoms with Crippen LogP contribution in [0.3, 0.4) is 0 Å². The first kappa shape index (κ1) is 23.0. The number of amides is 1. The minimum atomic E-state index is -0.638. The molecule has 0 saturated carbocycles. The number of thiophene rings is 1. The largest absolute Gasteiger partial charge is 0.507 e. The van der Waals surface area contributed by atoms with Gasteiger partial charge in [-0.15, -0.1) is 11.3 Å². The number of carbonyl (C=O) groups is 2. The Hall–Kier alpha value is -2.64. The molecule has 6 nitrogen and oxygen atoms in total. The fourth-order valence-electron chi connectivity index (χ4n) is 3.75. The summed E-state index contributed by atoms with van der Waals surface area (Å²) in [6.45, 7) is 7.04. The Balaban J connectivity index is 2.02. The molecule has 1 atom stereocenters. The molecule has 2 aromatic rings. The van der Waals surface area contributed by atoms with Gasteiger partial charge in [0.1, 0.15) is 11.5 Å². The van der Waals surface area contributed by atoms with Crippen LogP contribution in [0, 0.1) is 6.92 Å². The molecule has 1 aliphatic rings. The van der Waals surface area contributed by atoms with E-state index < -0.39 is 17.7 Å². The molecule has 0 unspecified atom stereocenters. The molecular formula is C24H30N2O4S. The van der Waals surface area contributed by atoms with Gasteiger partial charge in [0.05, 0.1) is 17.7 Å². The second-order valence-corrected chi connectivity index (χ2v) is 9.29. The van der Waals surface area contributed by atoms with Gasteiger partial charge in [0.15, 0.2) is 0 Å². The van der Waals surface area contributed by atoms with Crippen LogP contribution in [-0.4, -0.2) is 59.9 Å². The number of hydrogen-bond donors (Lipinski definition) is 1. The highest BCUT2D eigenvalue weighted by atomic mass is 32.1. The highest BCUT2D eigenvalue weighted by Crippen LogP contribution is 2.41. The molecule has 3 rings (SSSR count). The Kier molecular flexibility index (Phi) is 7.18. The van der Waals surface area contributed by atoms with Crippen LogP contribution in [0.15, 0.2) is 41.3 Å². The van der Waals surface area contributed by atoms with Gasteiger partial charge in [0, 0.05) is 17.0 Å². The van der Waals surface area contributed by atoms with Crippen molar-refractivity contribution in [2.75, 3.05) is 27.2 Å². The maximum absolute atomic E-state index is 13.0. The second-order valence-electron chi connectivity index (χ2n) is 8.31. The molecule has 31 heavy (non-hydrogen) atoms. The maximum Gasteiger partial charge on any atom is 0.295 e. The highest BCUT2D eigenvalue weighted by Gasteiger charge is 2.46. The quantitative estimate of drug-likeness (QED) is 0.377. The van der Waals surface area contributed by atoms with Crippen LogP contribution in [0.5, 0.6) is 5.75 Å². The number of rotatable bonds is 8. The zero-order valence-electron chi connectivity index (χ0n) is 18.7. The Bertz CT molecular complexity index is 979. The smallest absolute Gasteiger partial charge is 0.295 e. The van der Waals surface area contributed by atoms with E-state index in [2.05, 4.69) is 0 Å². The molecule has 1 aromatic heterocycles. The van der Waals surface area contributed by atoms with E-state index in [-0.39, 0.29) is 17.4 Å².